The Bertz CT molecular complexity index is 557. The molecule has 0 aliphatic heterocycles. The molecular formula is C10H8Br2N2O. The zero-order valence-electron chi connectivity index (χ0n) is 7.92. The van der Waals surface area contributed by atoms with E-state index in [0.717, 1.165) is 20.3 Å². The summed E-state index contributed by atoms with van der Waals surface area (Å²) in [5.74, 6) is 0. The van der Waals surface area contributed by atoms with Crippen molar-refractivity contribution in [2.24, 2.45) is 0 Å². The number of aromatic nitrogens is 2. The van der Waals surface area contributed by atoms with Gasteiger partial charge in [-0.25, -0.2) is 4.68 Å². The van der Waals surface area contributed by atoms with Gasteiger partial charge in [0.05, 0.1) is 5.69 Å². The molecule has 3 nitrogen and oxygen atoms in total. The van der Waals surface area contributed by atoms with Gasteiger partial charge in [-0.2, -0.15) is 0 Å². The van der Waals surface area contributed by atoms with Crippen LogP contribution in [0.1, 0.15) is 5.69 Å². The molecule has 1 aromatic heterocycles. The normalized spacial score (nSPS) is 10.6. The first-order valence-corrected chi connectivity index (χ1v) is 5.90. The standard InChI is InChI=1S/C10H8Br2N2O/c1-6-4-10(15)14(13-6)9-3-2-7(11)5-8(9)12/h2-5,13H,1H3. The Balaban J connectivity index is 2.64. The second-order valence-corrected chi connectivity index (χ2v) is 4.98. The van der Waals surface area contributed by atoms with Crippen LogP contribution < -0.4 is 5.56 Å². The molecule has 0 bridgehead atoms. The van der Waals surface area contributed by atoms with E-state index in [9.17, 15) is 4.79 Å². The molecule has 0 spiro atoms. The highest BCUT2D eigenvalue weighted by molar-refractivity contribution is 9.11. The van der Waals surface area contributed by atoms with Gasteiger partial charge in [0, 0.05) is 20.7 Å². The predicted molar refractivity (Wildman–Crippen MR) is 66.5 cm³/mol. The molecule has 0 radical (unpaired) electrons. The first kappa shape index (κ1) is 10.7. The molecule has 15 heavy (non-hydrogen) atoms. The van der Waals surface area contributed by atoms with Gasteiger partial charge in [0.2, 0.25) is 0 Å². The average molecular weight is 332 g/mol. The number of aryl methyl sites for hydroxylation is 1. The van der Waals surface area contributed by atoms with Crippen molar-refractivity contribution in [3.8, 4) is 5.69 Å². The molecule has 0 saturated carbocycles. The first-order chi connectivity index (χ1) is 7.08. The molecule has 0 amide bonds. The molecule has 1 N–H and O–H groups in total. The number of hydrogen-bond donors (Lipinski definition) is 1. The third-order valence-corrected chi connectivity index (χ3v) is 3.13. The van der Waals surface area contributed by atoms with E-state index in [4.69, 9.17) is 0 Å². The van der Waals surface area contributed by atoms with Gasteiger partial charge in [-0.15, -0.1) is 0 Å². The fourth-order valence-electron chi connectivity index (χ4n) is 1.36. The summed E-state index contributed by atoms with van der Waals surface area (Å²) in [5.41, 5.74) is 1.58. The van der Waals surface area contributed by atoms with Gasteiger partial charge < -0.3 is 0 Å². The van der Waals surface area contributed by atoms with Gasteiger partial charge >= 0.3 is 0 Å². The van der Waals surface area contributed by atoms with Crippen molar-refractivity contribution in [2.75, 3.05) is 0 Å². The third-order valence-electron chi connectivity index (χ3n) is 2.00. The SMILES string of the molecule is Cc1cc(=O)n(-c2ccc(Br)cc2Br)[nH]1. The second kappa shape index (κ2) is 3.98. The van der Waals surface area contributed by atoms with E-state index in [-0.39, 0.29) is 5.56 Å². The Morgan fingerprint density at radius 2 is 2.00 bits per heavy atom. The lowest BCUT2D eigenvalue weighted by atomic mass is 10.3. The number of halogens is 2. The zero-order valence-corrected chi connectivity index (χ0v) is 11.1. The summed E-state index contributed by atoms with van der Waals surface area (Å²) in [7, 11) is 0. The molecule has 1 aromatic carbocycles. The molecule has 1 heterocycles. The van der Waals surface area contributed by atoms with Crippen molar-refractivity contribution < 1.29 is 0 Å². The van der Waals surface area contributed by atoms with Gasteiger partial charge in [-0.3, -0.25) is 9.89 Å². The average Bonchev–Trinajstić information content (AvgIpc) is 2.45. The van der Waals surface area contributed by atoms with Crippen LogP contribution in [0, 0.1) is 6.92 Å². The Morgan fingerprint density at radius 3 is 2.53 bits per heavy atom. The number of hydrogen-bond acceptors (Lipinski definition) is 1. The smallest absolute Gasteiger partial charge is 0.271 e. The van der Waals surface area contributed by atoms with E-state index in [1.807, 2.05) is 25.1 Å². The largest absolute Gasteiger partial charge is 0.295 e. The highest BCUT2D eigenvalue weighted by Crippen LogP contribution is 2.23. The van der Waals surface area contributed by atoms with Crippen molar-refractivity contribution in [2.45, 2.75) is 6.92 Å². The number of benzene rings is 1. The van der Waals surface area contributed by atoms with Crippen molar-refractivity contribution in [1.29, 1.82) is 0 Å². The fraction of sp³-hybridized carbons (Fsp3) is 0.100. The topological polar surface area (TPSA) is 37.8 Å². The lowest BCUT2D eigenvalue weighted by molar-refractivity contribution is 0.831. The van der Waals surface area contributed by atoms with Gasteiger partial charge in [-0.05, 0) is 41.1 Å². The van der Waals surface area contributed by atoms with Crippen LogP contribution in [0.4, 0.5) is 0 Å². The molecule has 2 aromatic rings. The minimum Gasteiger partial charge on any atom is -0.295 e. The van der Waals surface area contributed by atoms with Gasteiger partial charge in [0.15, 0.2) is 0 Å². The van der Waals surface area contributed by atoms with Crippen LogP contribution in [-0.2, 0) is 0 Å². The molecule has 0 unspecified atom stereocenters. The molecular weight excluding hydrogens is 324 g/mol. The molecule has 78 valence electrons. The summed E-state index contributed by atoms with van der Waals surface area (Å²) in [6, 6.07) is 7.22. The number of rotatable bonds is 1. The number of H-pyrrole nitrogens is 1. The fourth-order valence-corrected chi connectivity index (χ4v) is 2.58. The minimum atomic E-state index is -0.0597. The molecule has 5 heteroatoms. The van der Waals surface area contributed by atoms with Gasteiger partial charge in [-0.1, -0.05) is 15.9 Å². The van der Waals surface area contributed by atoms with Gasteiger partial charge in [0.25, 0.3) is 5.56 Å². The van der Waals surface area contributed by atoms with Crippen molar-refractivity contribution in [3.63, 3.8) is 0 Å². The molecule has 2 rings (SSSR count). The minimum absolute atomic E-state index is 0.0597. The van der Waals surface area contributed by atoms with Crippen LogP contribution in [0.25, 0.3) is 5.69 Å². The van der Waals surface area contributed by atoms with Crippen LogP contribution in [0.5, 0.6) is 0 Å². The first-order valence-electron chi connectivity index (χ1n) is 4.32. The van der Waals surface area contributed by atoms with Crippen LogP contribution in [0.3, 0.4) is 0 Å². The molecule has 0 aliphatic carbocycles. The maximum atomic E-state index is 11.6. The lowest BCUT2D eigenvalue weighted by Crippen LogP contribution is -2.13. The summed E-state index contributed by atoms with van der Waals surface area (Å²) in [6.07, 6.45) is 0. The number of aromatic amines is 1. The monoisotopic (exact) mass is 330 g/mol. The lowest BCUT2D eigenvalue weighted by Gasteiger charge is -2.04. The Labute approximate surface area is 103 Å². The van der Waals surface area contributed by atoms with Crippen molar-refractivity contribution >= 4 is 31.9 Å². The van der Waals surface area contributed by atoms with E-state index >= 15 is 0 Å². The summed E-state index contributed by atoms with van der Waals surface area (Å²) < 4.78 is 3.33. The maximum Gasteiger partial charge on any atom is 0.271 e. The molecule has 0 saturated heterocycles. The Hall–Kier alpha value is -0.810. The Morgan fingerprint density at radius 1 is 1.27 bits per heavy atom. The molecule has 0 aliphatic rings. The predicted octanol–water partition coefficient (Wildman–Crippen LogP) is 3.00. The summed E-state index contributed by atoms with van der Waals surface area (Å²) in [5, 5.41) is 2.98. The van der Waals surface area contributed by atoms with E-state index in [1.165, 1.54) is 4.68 Å². The van der Waals surface area contributed by atoms with E-state index in [0.29, 0.717) is 0 Å². The van der Waals surface area contributed by atoms with Crippen LogP contribution in [0.2, 0.25) is 0 Å². The third kappa shape index (κ3) is 2.08. The highest BCUT2D eigenvalue weighted by atomic mass is 79.9. The summed E-state index contributed by atoms with van der Waals surface area (Å²) in [6.45, 7) is 1.85. The van der Waals surface area contributed by atoms with Gasteiger partial charge in [0.1, 0.15) is 0 Å². The second-order valence-electron chi connectivity index (χ2n) is 3.21. The molecule has 0 fully saturated rings. The van der Waals surface area contributed by atoms with E-state index in [2.05, 4.69) is 37.0 Å². The number of nitrogens with zero attached hydrogens (tertiary/aromatic N) is 1. The quantitative estimate of drug-likeness (QED) is 0.857. The summed E-state index contributed by atoms with van der Waals surface area (Å²) in [4.78, 5) is 11.6. The number of nitrogens with one attached hydrogen (secondary N) is 1. The van der Waals surface area contributed by atoms with Crippen LogP contribution in [-0.4, -0.2) is 9.78 Å². The summed E-state index contributed by atoms with van der Waals surface area (Å²) >= 11 is 6.78. The maximum absolute atomic E-state index is 11.6. The van der Waals surface area contributed by atoms with Crippen LogP contribution in [0.15, 0.2) is 38.0 Å². The van der Waals surface area contributed by atoms with E-state index < -0.39 is 0 Å². The van der Waals surface area contributed by atoms with Crippen molar-refractivity contribution in [1.82, 2.24) is 9.78 Å². The highest BCUT2D eigenvalue weighted by Gasteiger charge is 2.06. The Kier molecular flexibility index (Phi) is 2.84. The zero-order chi connectivity index (χ0) is 11.0. The molecule has 0 atom stereocenters. The van der Waals surface area contributed by atoms with Crippen LogP contribution >= 0.6 is 31.9 Å². The van der Waals surface area contributed by atoms with Crippen molar-refractivity contribution in [3.05, 3.63) is 49.3 Å². The van der Waals surface area contributed by atoms with E-state index in [1.54, 1.807) is 6.07 Å².